The molecule has 0 saturated heterocycles. The zero-order valence-electron chi connectivity index (χ0n) is 16.2. The minimum atomic E-state index is -1.21. The van der Waals surface area contributed by atoms with Crippen LogP contribution in [0.15, 0.2) is 97.4 Å². The van der Waals surface area contributed by atoms with Gasteiger partial charge >= 0.3 is 0 Å². The number of benzene rings is 1. The molecule has 28 heavy (non-hydrogen) atoms. The van der Waals surface area contributed by atoms with Gasteiger partial charge in [-0.05, 0) is 42.5 Å². The summed E-state index contributed by atoms with van der Waals surface area (Å²) in [5.41, 5.74) is 1.93. The van der Waals surface area contributed by atoms with Gasteiger partial charge in [-0.2, -0.15) is 4.39 Å². The Morgan fingerprint density at radius 1 is 1.07 bits per heavy atom. The average Bonchev–Trinajstić information content (AvgIpc) is 2.69. The summed E-state index contributed by atoms with van der Waals surface area (Å²) in [6.07, 6.45) is 5.63. The highest BCUT2D eigenvalue weighted by Crippen LogP contribution is 2.27. The fraction of sp³-hybridized carbons (Fsp3) is 0.167. The maximum absolute atomic E-state index is 14.1. The average molecular weight is 386 g/mol. The molecule has 0 bridgehead atoms. The summed E-state index contributed by atoms with van der Waals surface area (Å²) in [5.74, 6) is -3.09. The molecule has 4 heteroatoms. The molecular weight excluding hydrogens is 361 g/mol. The monoisotopic (exact) mass is 386 g/mol. The smallest absolute Gasteiger partial charge is 0.200 e. The number of allylic oxidation sites excluding steroid dienone is 7. The normalized spacial score (nSPS) is 11.7. The van der Waals surface area contributed by atoms with E-state index in [1.165, 1.54) is 12.1 Å². The molecular formula is C24H25F3O. The number of hydrogen-bond acceptors (Lipinski definition) is 1. The van der Waals surface area contributed by atoms with E-state index in [2.05, 4.69) is 32.9 Å². The Labute approximate surface area is 165 Å². The summed E-state index contributed by atoms with van der Waals surface area (Å²) in [5, 5.41) is 0. The first-order valence-corrected chi connectivity index (χ1v) is 8.73. The lowest BCUT2D eigenvalue weighted by atomic mass is 10.0. The van der Waals surface area contributed by atoms with Crippen molar-refractivity contribution in [2.75, 3.05) is 6.61 Å². The van der Waals surface area contributed by atoms with Crippen molar-refractivity contribution >= 4 is 6.08 Å². The van der Waals surface area contributed by atoms with Crippen molar-refractivity contribution in [2.45, 2.75) is 19.8 Å². The second-order valence-electron chi connectivity index (χ2n) is 6.03. The van der Waals surface area contributed by atoms with Crippen LogP contribution in [0.3, 0.4) is 0 Å². The SMILES string of the molecule is C=Cc1ccc(CCC(=C)/C=C\C(=C)C(=C)/C(F)=C(/F)C(=C)OCC)c(F)c1. The topological polar surface area (TPSA) is 9.23 Å². The Hall–Kier alpha value is -3.01. The van der Waals surface area contributed by atoms with Crippen LogP contribution in [0.5, 0.6) is 0 Å². The van der Waals surface area contributed by atoms with Gasteiger partial charge in [-0.3, -0.25) is 0 Å². The van der Waals surface area contributed by atoms with Gasteiger partial charge in [0.15, 0.2) is 11.6 Å². The van der Waals surface area contributed by atoms with Crippen molar-refractivity contribution in [2.24, 2.45) is 0 Å². The Balaban J connectivity index is 2.69. The molecule has 1 nitrogen and oxygen atoms in total. The van der Waals surface area contributed by atoms with Crippen molar-refractivity contribution in [3.05, 3.63) is 114 Å². The molecule has 0 aromatic heterocycles. The van der Waals surface area contributed by atoms with Crippen LogP contribution in [-0.2, 0) is 11.2 Å². The molecule has 0 aliphatic carbocycles. The van der Waals surface area contributed by atoms with Crippen molar-refractivity contribution in [1.29, 1.82) is 0 Å². The number of aryl methyl sites for hydroxylation is 1. The van der Waals surface area contributed by atoms with E-state index in [1.54, 1.807) is 31.2 Å². The van der Waals surface area contributed by atoms with Gasteiger partial charge < -0.3 is 4.74 Å². The predicted octanol–water partition coefficient (Wildman–Crippen LogP) is 7.33. The number of rotatable bonds is 11. The largest absolute Gasteiger partial charge is 0.491 e. The molecule has 0 aliphatic heterocycles. The minimum Gasteiger partial charge on any atom is -0.491 e. The van der Waals surface area contributed by atoms with E-state index in [1.807, 2.05) is 0 Å². The van der Waals surface area contributed by atoms with E-state index < -0.39 is 17.4 Å². The van der Waals surface area contributed by atoms with E-state index in [-0.39, 0.29) is 23.6 Å². The van der Waals surface area contributed by atoms with Gasteiger partial charge in [-0.1, -0.05) is 68.8 Å². The molecule has 0 unspecified atom stereocenters. The van der Waals surface area contributed by atoms with Crippen LogP contribution >= 0.6 is 0 Å². The predicted molar refractivity (Wildman–Crippen MR) is 111 cm³/mol. The van der Waals surface area contributed by atoms with E-state index in [0.717, 1.165) is 0 Å². The minimum absolute atomic E-state index is 0.170. The Bertz CT molecular complexity index is 857. The molecule has 1 aromatic carbocycles. The van der Waals surface area contributed by atoms with Gasteiger partial charge in [0.1, 0.15) is 5.82 Å². The lowest BCUT2D eigenvalue weighted by Gasteiger charge is -2.08. The zero-order valence-corrected chi connectivity index (χ0v) is 16.2. The fourth-order valence-electron chi connectivity index (χ4n) is 2.22. The van der Waals surface area contributed by atoms with Crippen molar-refractivity contribution < 1.29 is 17.9 Å². The first-order valence-electron chi connectivity index (χ1n) is 8.73. The maximum Gasteiger partial charge on any atom is 0.200 e. The standard InChI is InChI=1S/C24H25F3O/c1-7-20-12-14-21(22(25)15-20)13-10-16(3)9-11-17(4)18(5)23(26)24(27)19(6)28-8-2/h7,9,11-12,14-15H,1,3-6,8,10,13H2,2H3/b11-9-,24-23-. The Morgan fingerprint density at radius 2 is 1.75 bits per heavy atom. The molecule has 148 valence electrons. The van der Waals surface area contributed by atoms with Gasteiger partial charge in [0.25, 0.3) is 0 Å². The summed E-state index contributed by atoms with van der Waals surface area (Å²) in [7, 11) is 0. The summed E-state index contributed by atoms with van der Waals surface area (Å²) >= 11 is 0. The third-order valence-corrected chi connectivity index (χ3v) is 3.96. The highest BCUT2D eigenvalue weighted by molar-refractivity contribution is 5.50. The summed E-state index contributed by atoms with van der Waals surface area (Å²) < 4.78 is 46.8. The lowest BCUT2D eigenvalue weighted by Crippen LogP contribution is -1.95. The van der Waals surface area contributed by atoms with Gasteiger partial charge in [-0.15, -0.1) is 0 Å². The van der Waals surface area contributed by atoms with E-state index >= 15 is 0 Å². The molecule has 1 aromatic rings. The number of hydrogen-bond donors (Lipinski definition) is 0. The quantitative estimate of drug-likeness (QED) is 0.286. The highest BCUT2D eigenvalue weighted by Gasteiger charge is 2.15. The summed E-state index contributed by atoms with van der Waals surface area (Å²) in [4.78, 5) is 0. The second kappa shape index (κ2) is 11.0. The van der Waals surface area contributed by atoms with Gasteiger partial charge in [-0.25, -0.2) is 8.78 Å². The first-order chi connectivity index (χ1) is 13.2. The van der Waals surface area contributed by atoms with Crippen LogP contribution < -0.4 is 0 Å². The van der Waals surface area contributed by atoms with Crippen LogP contribution in [0.4, 0.5) is 13.2 Å². The van der Waals surface area contributed by atoms with Crippen molar-refractivity contribution in [3.8, 4) is 0 Å². The summed E-state index contributed by atoms with van der Waals surface area (Å²) in [6.45, 7) is 19.8. The third-order valence-electron chi connectivity index (χ3n) is 3.96. The van der Waals surface area contributed by atoms with Crippen LogP contribution in [0.1, 0.15) is 24.5 Å². The number of halogens is 3. The Morgan fingerprint density at radius 3 is 2.32 bits per heavy atom. The van der Waals surface area contributed by atoms with Crippen molar-refractivity contribution in [3.63, 3.8) is 0 Å². The molecule has 0 saturated carbocycles. The van der Waals surface area contributed by atoms with Gasteiger partial charge in [0.2, 0.25) is 5.83 Å². The first kappa shape index (κ1) is 23.0. The van der Waals surface area contributed by atoms with Crippen LogP contribution in [0, 0.1) is 5.82 Å². The molecule has 0 spiro atoms. The molecule has 0 amide bonds. The van der Waals surface area contributed by atoms with Crippen LogP contribution in [0.25, 0.3) is 6.08 Å². The second-order valence-corrected chi connectivity index (χ2v) is 6.03. The molecule has 0 heterocycles. The maximum atomic E-state index is 14.1. The van der Waals surface area contributed by atoms with E-state index in [9.17, 15) is 13.2 Å². The van der Waals surface area contributed by atoms with E-state index in [0.29, 0.717) is 29.5 Å². The van der Waals surface area contributed by atoms with E-state index in [4.69, 9.17) is 4.74 Å². The molecule has 0 radical (unpaired) electrons. The molecule has 0 N–H and O–H groups in total. The van der Waals surface area contributed by atoms with Crippen LogP contribution in [-0.4, -0.2) is 6.61 Å². The summed E-state index contributed by atoms with van der Waals surface area (Å²) in [6, 6.07) is 4.92. The Kier molecular flexibility index (Phi) is 9.03. The third kappa shape index (κ3) is 6.62. The lowest BCUT2D eigenvalue weighted by molar-refractivity contribution is 0.224. The van der Waals surface area contributed by atoms with Crippen molar-refractivity contribution in [1.82, 2.24) is 0 Å². The molecule has 1 rings (SSSR count). The zero-order chi connectivity index (χ0) is 21.3. The number of ether oxygens (including phenoxy) is 1. The van der Waals surface area contributed by atoms with Crippen LogP contribution in [0.2, 0.25) is 0 Å². The molecule has 0 aliphatic rings. The molecule has 0 atom stereocenters. The van der Waals surface area contributed by atoms with Gasteiger partial charge in [0.05, 0.1) is 6.61 Å². The molecule has 0 fully saturated rings. The van der Waals surface area contributed by atoms with Gasteiger partial charge in [0, 0.05) is 5.57 Å². The highest BCUT2D eigenvalue weighted by atomic mass is 19.2. The fourth-order valence-corrected chi connectivity index (χ4v) is 2.22.